The molecule has 1 aromatic heterocycles. The number of esters is 1. The molecule has 0 aliphatic heterocycles. The van der Waals surface area contributed by atoms with Gasteiger partial charge in [-0.15, -0.1) is 0 Å². The Bertz CT molecular complexity index is 604. The van der Waals surface area contributed by atoms with Gasteiger partial charge >= 0.3 is 5.97 Å². The van der Waals surface area contributed by atoms with E-state index >= 15 is 0 Å². The first kappa shape index (κ1) is 11.5. The minimum atomic E-state index is -0.443. The van der Waals surface area contributed by atoms with Gasteiger partial charge in [0.25, 0.3) is 0 Å². The number of H-pyrrole nitrogens is 1. The number of nitrogens with one attached hydrogen (secondary N) is 1. The van der Waals surface area contributed by atoms with Crippen molar-refractivity contribution in [3.05, 3.63) is 58.4 Å². The molecule has 0 aliphatic rings. The highest BCUT2D eigenvalue weighted by Gasteiger charge is 2.11. The minimum absolute atomic E-state index is 0.366. The van der Waals surface area contributed by atoms with Crippen molar-refractivity contribution in [2.45, 2.75) is 6.92 Å². The number of hydrogen-bond donors (Lipinski definition) is 1. The van der Waals surface area contributed by atoms with Crippen LogP contribution in [0.5, 0.6) is 5.75 Å². The van der Waals surface area contributed by atoms with Gasteiger partial charge in [-0.05, 0) is 24.6 Å². The Morgan fingerprint density at radius 2 is 2.06 bits per heavy atom. The third kappa shape index (κ3) is 2.60. The second-order valence-electron chi connectivity index (χ2n) is 3.58. The molecule has 0 radical (unpaired) electrons. The quantitative estimate of drug-likeness (QED) is 0.501. The monoisotopic (exact) mass is 245 g/mol. The number of pyridine rings is 1. The van der Waals surface area contributed by atoms with Gasteiger partial charge in [-0.1, -0.05) is 30.4 Å². The van der Waals surface area contributed by atoms with Crippen molar-refractivity contribution >= 4 is 18.2 Å². The van der Waals surface area contributed by atoms with Crippen molar-refractivity contribution in [3.63, 3.8) is 0 Å². The van der Waals surface area contributed by atoms with Gasteiger partial charge in [-0.2, -0.15) is 0 Å². The first-order chi connectivity index (χ1) is 8.18. The molecule has 2 rings (SSSR count). The molecule has 1 heterocycles. The maximum absolute atomic E-state index is 11.9. The fourth-order valence-corrected chi connectivity index (χ4v) is 1.61. The summed E-state index contributed by atoms with van der Waals surface area (Å²) in [6.07, 6.45) is 3.22. The molecular weight excluding hydrogens is 234 g/mol. The molecule has 0 fully saturated rings. The molecule has 1 N–H and O–H groups in total. The number of carbonyl (C=O) groups is 1. The highest BCUT2D eigenvalue weighted by Crippen LogP contribution is 2.17. The number of ether oxygens (including phenoxy) is 1. The Morgan fingerprint density at radius 3 is 2.76 bits per heavy atom. The van der Waals surface area contributed by atoms with Crippen LogP contribution in [-0.2, 0) is 0 Å². The zero-order valence-corrected chi connectivity index (χ0v) is 10.1. The van der Waals surface area contributed by atoms with Crippen LogP contribution < -0.4 is 4.74 Å². The van der Waals surface area contributed by atoms with Gasteiger partial charge in [-0.3, -0.25) is 0 Å². The SMILES string of the molecule is Cc1ccccc1OC(=O)c1c[nH]ccc1=S. The van der Waals surface area contributed by atoms with E-state index in [9.17, 15) is 4.79 Å². The number of carbonyl (C=O) groups excluding carboxylic acids is 1. The maximum atomic E-state index is 11.9. The van der Waals surface area contributed by atoms with Gasteiger partial charge in [0.2, 0.25) is 0 Å². The highest BCUT2D eigenvalue weighted by atomic mass is 32.1. The standard InChI is InChI=1S/C13H11NO2S/c1-9-4-2-3-5-11(9)16-13(15)10-8-14-7-6-12(10)17/h2-8H,1H3,(H,14,17). The van der Waals surface area contributed by atoms with Crippen LogP contribution in [0.15, 0.2) is 42.7 Å². The average molecular weight is 245 g/mol. The van der Waals surface area contributed by atoms with Gasteiger partial charge < -0.3 is 9.72 Å². The Morgan fingerprint density at radius 1 is 1.29 bits per heavy atom. The Hall–Kier alpha value is -1.94. The summed E-state index contributed by atoms with van der Waals surface area (Å²) in [5.74, 6) is 0.108. The fraction of sp³-hybridized carbons (Fsp3) is 0.0769. The lowest BCUT2D eigenvalue weighted by atomic mass is 10.2. The molecule has 0 atom stereocenters. The molecule has 0 saturated heterocycles. The summed E-state index contributed by atoms with van der Waals surface area (Å²) in [6.45, 7) is 1.88. The van der Waals surface area contributed by atoms with E-state index in [1.54, 1.807) is 24.5 Å². The fourth-order valence-electron chi connectivity index (χ4n) is 1.40. The largest absolute Gasteiger partial charge is 0.423 e. The third-order valence-electron chi connectivity index (χ3n) is 2.34. The molecule has 3 nitrogen and oxygen atoms in total. The predicted molar refractivity (Wildman–Crippen MR) is 67.8 cm³/mol. The van der Waals surface area contributed by atoms with E-state index in [2.05, 4.69) is 4.98 Å². The molecular formula is C13H11NO2S. The average Bonchev–Trinajstić information content (AvgIpc) is 2.32. The molecule has 17 heavy (non-hydrogen) atoms. The molecule has 0 amide bonds. The number of hydrogen-bond acceptors (Lipinski definition) is 3. The smallest absolute Gasteiger partial charge is 0.346 e. The first-order valence-corrected chi connectivity index (χ1v) is 5.54. The Kier molecular flexibility index (Phi) is 3.35. The van der Waals surface area contributed by atoms with E-state index in [1.165, 1.54) is 0 Å². The van der Waals surface area contributed by atoms with Crippen LogP contribution >= 0.6 is 12.2 Å². The van der Waals surface area contributed by atoms with E-state index in [0.29, 0.717) is 15.8 Å². The number of para-hydroxylation sites is 1. The number of aromatic nitrogens is 1. The zero-order valence-electron chi connectivity index (χ0n) is 9.27. The van der Waals surface area contributed by atoms with Crippen LogP contribution in [0.4, 0.5) is 0 Å². The number of benzene rings is 1. The summed E-state index contributed by atoms with van der Waals surface area (Å²) in [7, 11) is 0. The number of aryl methyl sites for hydroxylation is 1. The Labute approximate surface area is 104 Å². The van der Waals surface area contributed by atoms with E-state index in [1.807, 2.05) is 25.1 Å². The highest BCUT2D eigenvalue weighted by molar-refractivity contribution is 7.71. The van der Waals surface area contributed by atoms with Gasteiger partial charge in [0, 0.05) is 12.4 Å². The van der Waals surface area contributed by atoms with Crippen LogP contribution in [0.3, 0.4) is 0 Å². The van der Waals surface area contributed by atoms with Crippen molar-refractivity contribution in [1.82, 2.24) is 4.98 Å². The molecule has 0 unspecified atom stereocenters. The lowest BCUT2D eigenvalue weighted by Gasteiger charge is -2.06. The summed E-state index contributed by atoms with van der Waals surface area (Å²) >= 11 is 5.06. The number of aromatic amines is 1. The molecule has 0 aliphatic carbocycles. The molecule has 0 saturated carbocycles. The second kappa shape index (κ2) is 4.93. The van der Waals surface area contributed by atoms with Gasteiger partial charge in [0.05, 0.1) is 10.1 Å². The summed E-state index contributed by atoms with van der Waals surface area (Å²) < 4.78 is 5.76. The predicted octanol–water partition coefficient (Wildman–Crippen LogP) is 3.27. The second-order valence-corrected chi connectivity index (χ2v) is 4.02. The summed E-state index contributed by atoms with van der Waals surface area (Å²) in [5, 5.41) is 0. The van der Waals surface area contributed by atoms with Crippen molar-refractivity contribution in [1.29, 1.82) is 0 Å². The van der Waals surface area contributed by atoms with Crippen molar-refractivity contribution in [2.75, 3.05) is 0 Å². The lowest BCUT2D eigenvalue weighted by Crippen LogP contribution is -2.10. The normalized spacial score (nSPS) is 9.94. The first-order valence-electron chi connectivity index (χ1n) is 5.13. The molecule has 0 bridgehead atoms. The van der Waals surface area contributed by atoms with E-state index in [-0.39, 0.29) is 0 Å². The van der Waals surface area contributed by atoms with Crippen LogP contribution in [0.1, 0.15) is 15.9 Å². The maximum Gasteiger partial charge on any atom is 0.346 e. The van der Waals surface area contributed by atoms with Gasteiger partial charge in [-0.25, -0.2) is 4.79 Å². The summed E-state index contributed by atoms with van der Waals surface area (Å²) in [5.41, 5.74) is 1.28. The molecule has 2 aromatic rings. The van der Waals surface area contributed by atoms with Crippen LogP contribution in [0, 0.1) is 11.4 Å². The third-order valence-corrected chi connectivity index (χ3v) is 2.70. The van der Waals surface area contributed by atoms with Crippen molar-refractivity contribution < 1.29 is 9.53 Å². The molecule has 86 valence electrons. The lowest BCUT2D eigenvalue weighted by molar-refractivity contribution is 0.0732. The van der Waals surface area contributed by atoms with Gasteiger partial charge in [0.1, 0.15) is 5.75 Å². The summed E-state index contributed by atoms with van der Waals surface area (Å²) in [4.78, 5) is 14.7. The van der Waals surface area contributed by atoms with Gasteiger partial charge in [0.15, 0.2) is 0 Å². The van der Waals surface area contributed by atoms with Crippen LogP contribution in [0.2, 0.25) is 0 Å². The van der Waals surface area contributed by atoms with Crippen molar-refractivity contribution in [3.8, 4) is 5.75 Å². The number of rotatable bonds is 2. The molecule has 1 aromatic carbocycles. The van der Waals surface area contributed by atoms with E-state index in [0.717, 1.165) is 5.56 Å². The topological polar surface area (TPSA) is 42.1 Å². The van der Waals surface area contributed by atoms with E-state index in [4.69, 9.17) is 17.0 Å². The minimum Gasteiger partial charge on any atom is -0.423 e. The summed E-state index contributed by atoms with van der Waals surface area (Å²) in [6, 6.07) is 9.00. The van der Waals surface area contributed by atoms with E-state index < -0.39 is 5.97 Å². The van der Waals surface area contributed by atoms with Crippen LogP contribution in [0.25, 0.3) is 0 Å². The molecule has 0 spiro atoms. The zero-order chi connectivity index (χ0) is 12.3. The van der Waals surface area contributed by atoms with Crippen molar-refractivity contribution in [2.24, 2.45) is 0 Å². The molecule has 4 heteroatoms. The van der Waals surface area contributed by atoms with Crippen LogP contribution in [-0.4, -0.2) is 11.0 Å². The Balaban J connectivity index is 2.27.